The van der Waals surface area contributed by atoms with Crippen LogP contribution < -0.4 is 14.9 Å². The Morgan fingerprint density at radius 2 is 1.49 bits per heavy atom. The van der Waals surface area contributed by atoms with E-state index in [9.17, 15) is 27.0 Å². The normalized spacial score (nSPS) is 13.6. The van der Waals surface area contributed by atoms with Crippen LogP contribution in [0.5, 0.6) is 0 Å². The zero-order valence-corrected chi connectivity index (χ0v) is 28.9. The highest BCUT2D eigenvalue weighted by molar-refractivity contribution is 7.85. The van der Waals surface area contributed by atoms with Crippen LogP contribution in [0.25, 0.3) is 0 Å². The molecule has 4 aromatic rings. The highest BCUT2D eigenvalue weighted by atomic mass is 32.2. The van der Waals surface area contributed by atoms with Crippen molar-refractivity contribution in [3.05, 3.63) is 136 Å². The summed E-state index contributed by atoms with van der Waals surface area (Å²) >= 11 is 0. The predicted molar refractivity (Wildman–Crippen MR) is 187 cm³/mol. The maximum Gasteiger partial charge on any atom is 0.251 e. The van der Waals surface area contributed by atoms with Gasteiger partial charge in [-0.2, -0.15) is 0 Å². The Labute approximate surface area is 288 Å². The Balaban J connectivity index is 1.51. The molecule has 0 aliphatic rings. The molecule has 4 aromatic carbocycles. The van der Waals surface area contributed by atoms with Crippen LogP contribution in [0.4, 0.5) is 18.9 Å². The van der Waals surface area contributed by atoms with Crippen molar-refractivity contribution in [3.63, 3.8) is 0 Å². The molecule has 0 radical (unpaired) electrons. The monoisotopic (exact) mass is 693 g/mol. The van der Waals surface area contributed by atoms with Crippen molar-refractivity contribution in [1.82, 2.24) is 10.6 Å². The maximum absolute atomic E-state index is 13.8. The third-order valence-electron chi connectivity index (χ3n) is 8.37. The molecular weight excluding hydrogens is 651 g/mol. The summed E-state index contributed by atoms with van der Waals surface area (Å²) in [6.45, 7) is 3.98. The van der Waals surface area contributed by atoms with Gasteiger partial charge in [0.15, 0.2) is 0 Å². The molecule has 49 heavy (non-hydrogen) atoms. The fraction of sp³-hybridized carbons (Fsp3) is 0.316. The SMILES string of the molecule is C[C@H](c1ccccc1)c1cc(C(=O)N[C@H](CC[C@@H](C)C(=O)NCc2ccc(F)cc2)COCc2cc(F)cc(F)c2)cc(N(C)S(C)=O)c1. The van der Waals surface area contributed by atoms with Crippen LogP contribution in [-0.2, 0) is 33.7 Å². The van der Waals surface area contributed by atoms with Gasteiger partial charge in [0.25, 0.3) is 5.91 Å². The van der Waals surface area contributed by atoms with Crippen LogP contribution in [0.2, 0.25) is 0 Å². The second-order valence-corrected chi connectivity index (χ2v) is 13.5. The Kier molecular flexibility index (Phi) is 13.6. The number of carbonyl (C=O) groups excluding carboxylic acids is 2. The summed E-state index contributed by atoms with van der Waals surface area (Å²) < 4.78 is 60.6. The molecule has 0 bridgehead atoms. The van der Waals surface area contributed by atoms with Crippen LogP contribution in [-0.4, -0.2) is 42.0 Å². The van der Waals surface area contributed by atoms with Gasteiger partial charge in [0.05, 0.1) is 19.3 Å². The van der Waals surface area contributed by atoms with Crippen LogP contribution in [0.1, 0.15) is 65.2 Å². The number of halogens is 3. The highest BCUT2D eigenvalue weighted by Gasteiger charge is 2.21. The first-order chi connectivity index (χ1) is 23.4. The number of anilines is 1. The van der Waals surface area contributed by atoms with Crippen molar-refractivity contribution in [2.45, 2.75) is 51.8 Å². The number of benzene rings is 4. The quantitative estimate of drug-likeness (QED) is 0.132. The van der Waals surface area contributed by atoms with E-state index in [1.807, 2.05) is 49.4 Å². The summed E-state index contributed by atoms with van der Waals surface area (Å²) in [6.07, 6.45) is 2.31. The molecule has 0 fully saturated rings. The number of nitrogens with one attached hydrogen (secondary N) is 2. The minimum absolute atomic E-state index is 0.0135. The molecule has 2 N–H and O–H groups in total. The Bertz CT molecular complexity index is 1720. The third-order valence-corrected chi connectivity index (χ3v) is 9.35. The molecule has 0 saturated carbocycles. The largest absolute Gasteiger partial charge is 0.375 e. The average molecular weight is 694 g/mol. The minimum Gasteiger partial charge on any atom is -0.375 e. The van der Waals surface area contributed by atoms with Gasteiger partial charge < -0.3 is 15.4 Å². The molecule has 0 aliphatic carbocycles. The summed E-state index contributed by atoms with van der Waals surface area (Å²) in [6, 6.07) is 23.7. The summed E-state index contributed by atoms with van der Waals surface area (Å²) in [4.78, 5) is 26.7. The lowest BCUT2D eigenvalue weighted by Crippen LogP contribution is -2.39. The smallest absolute Gasteiger partial charge is 0.251 e. The number of ether oxygens (including phenoxy) is 1. The molecule has 11 heteroatoms. The molecule has 1 unspecified atom stereocenters. The van der Waals surface area contributed by atoms with Gasteiger partial charge in [-0.25, -0.2) is 17.4 Å². The number of amides is 2. The standard InChI is InChI=1S/C38H42F3N3O4S/c1-25(37(45)42-22-27-11-13-32(39)14-12-27)10-15-35(24-48-23-28-16-33(40)21-34(41)17-28)43-38(46)31-18-30(19-36(20-31)44(3)49(4)47)26(2)29-8-6-5-7-9-29/h5-9,11-14,16-21,25-26,35H,10,15,22-24H2,1-4H3,(H,42,45)(H,43,46)/t25-,26-,35-,49?/m1/s1. The van der Waals surface area contributed by atoms with Gasteiger partial charge in [0, 0.05) is 49.0 Å². The molecule has 0 heterocycles. The van der Waals surface area contributed by atoms with E-state index in [0.717, 1.165) is 22.8 Å². The molecule has 4 rings (SSSR count). The second-order valence-electron chi connectivity index (χ2n) is 12.2. The van der Waals surface area contributed by atoms with Crippen molar-refractivity contribution in [2.24, 2.45) is 5.92 Å². The minimum atomic E-state index is -1.34. The van der Waals surface area contributed by atoms with E-state index in [1.165, 1.54) is 24.3 Å². The van der Waals surface area contributed by atoms with E-state index in [1.54, 1.807) is 42.7 Å². The fourth-order valence-corrected chi connectivity index (χ4v) is 5.71. The molecule has 0 saturated heterocycles. The zero-order chi connectivity index (χ0) is 35.5. The van der Waals surface area contributed by atoms with Crippen molar-refractivity contribution < 1.29 is 31.7 Å². The van der Waals surface area contributed by atoms with E-state index in [-0.39, 0.29) is 37.4 Å². The topological polar surface area (TPSA) is 87.7 Å². The number of hydrogen-bond donors (Lipinski definition) is 2. The lowest BCUT2D eigenvalue weighted by molar-refractivity contribution is -0.124. The molecular formula is C38H42F3N3O4S. The molecule has 260 valence electrons. The maximum atomic E-state index is 13.8. The molecule has 4 atom stereocenters. The van der Waals surface area contributed by atoms with Gasteiger partial charge in [-0.05, 0) is 77.6 Å². The summed E-state index contributed by atoms with van der Waals surface area (Å²) in [5.74, 6) is -2.88. The molecule has 0 aliphatic heterocycles. The van der Waals surface area contributed by atoms with Crippen LogP contribution in [0, 0.1) is 23.4 Å². The molecule has 7 nitrogen and oxygen atoms in total. The highest BCUT2D eigenvalue weighted by Crippen LogP contribution is 2.29. The van der Waals surface area contributed by atoms with Crippen LogP contribution in [0.3, 0.4) is 0 Å². The number of rotatable bonds is 16. The van der Waals surface area contributed by atoms with E-state index >= 15 is 0 Å². The van der Waals surface area contributed by atoms with Crippen LogP contribution in [0.15, 0.2) is 91.0 Å². The third kappa shape index (κ3) is 11.3. The molecule has 0 spiro atoms. The number of carbonyl (C=O) groups is 2. The van der Waals surface area contributed by atoms with Gasteiger partial charge in [0.2, 0.25) is 5.91 Å². The van der Waals surface area contributed by atoms with E-state index in [4.69, 9.17) is 4.74 Å². The van der Waals surface area contributed by atoms with E-state index < -0.39 is 40.5 Å². The first kappa shape index (κ1) is 37.3. The van der Waals surface area contributed by atoms with Crippen molar-refractivity contribution >= 4 is 28.5 Å². The predicted octanol–water partition coefficient (Wildman–Crippen LogP) is 7.03. The Morgan fingerprint density at radius 1 is 0.816 bits per heavy atom. The van der Waals surface area contributed by atoms with Gasteiger partial charge in [0.1, 0.15) is 28.4 Å². The van der Waals surface area contributed by atoms with Crippen molar-refractivity contribution in [1.29, 1.82) is 0 Å². The number of nitrogens with zero attached hydrogens (tertiary/aromatic N) is 1. The van der Waals surface area contributed by atoms with Crippen molar-refractivity contribution in [2.75, 3.05) is 24.2 Å². The van der Waals surface area contributed by atoms with Crippen molar-refractivity contribution in [3.8, 4) is 0 Å². The fourth-order valence-electron chi connectivity index (χ4n) is 5.31. The molecule has 0 aromatic heterocycles. The van der Waals surface area contributed by atoms with E-state index in [2.05, 4.69) is 10.6 Å². The Hall–Kier alpha value is -4.48. The number of hydrogen-bond acceptors (Lipinski definition) is 4. The summed E-state index contributed by atoms with van der Waals surface area (Å²) in [5.41, 5.74) is 3.94. The average Bonchev–Trinajstić information content (AvgIpc) is 3.08. The van der Waals surface area contributed by atoms with Gasteiger partial charge in [-0.3, -0.25) is 13.9 Å². The van der Waals surface area contributed by atoms with Gasteiger partial charge in [-0.15, -0.1) is 0 Å². The lowest BCUT2D eigenvalue weighted by Gasteiger charge is -2.23. The van der Waals surface area contributed by atoms with Crippen LogP contribution >= 0.6 is 0 Å². The first-order valence-electron chi connectivity index (χ1n) is 16.0. The first-order valence-corrected chi connectivity index (χ1v) is 17.5. The molecule has 2 amide bonds. The Morgan fingerprint density at radius 3 is 2.14 bits per heavy atom. The zero-order valence-electron chi connectivity index (χ0n) is 28.1. The van der Waals surface area contributed by atoms with Gasteiger partial charge >= 0.3 is 0 Å². The summed E-state index contributed by atoms with van der Waals surface area (Å²) in [5, 5.41) is 5.89. The van der Waals surface area contributed by atoms with E-state index in [0.29, 0.717) is 29.7 Å². The second kappa shape index (κ2) is 17.8. The van der Waals surface area contributed by atoms with Gasteiger partial charge in [-0.1, -0.05) is 56.3 Å². The lowest BCUT2D eigenvalue weighted by atomic mass is 9.91. The summed E-state index contributed by atoms with van der Waals surface area (Å²) in [7, 11) is 0.353.